The molecule has 2 atom stereocenters. The van der Waals surface area contributed by atoms with E-state index in [0.717, 1.165) is 19.4 Å². The van der Waals surface area contributed by atoms with Gasteiger partial charge in [0.15, 0.2) is 0 Å². The van der Waals surface area contributed by atoms with Gasteiger partial charge in [-0.05, 0) is 55.9 Å². The molecule has 1 amide bonds. The number of rotatable bonds is 4. The molecule has 1 saturated heterocycles. The van der Waals surface area contributed by atoms with Crippen LogP contribution in [0.2, 0.25) is 0 Å². The van der Waals surface area contributed by atoms with Crippen LogP contribution in [0.1, 0.15) is 38.5 Å². The Morgan fingerprint density at radius 3 is 2.77 bits per heavy atom. The van der Waals surface area contributed by atoms with Crippen molar-refractivity contribution in [2.45, 2.75) is 49.8 Å². The van der Waals surface area contributed by atoms with Crippen molar-refractivity contribution >= 4 is 17.7 Å². The number of halogens is 1. The van der Waals surface area contributed by atoms with Gasteiger partial charge in [-0.15, -0.1) is 10.2 Å². The minimum atomic E-state index is -0.309. The fourth-order valence-electron chi connectivity index (χ4n) is 4.12. The molecule has 1 aromatic carbocycles. The predicted octanol–water partition coefficient (Wildman–Crippen LogP) is 4.15. The second kappa shape index (κ2) is 7.78. The van der Waals surface area contributed by atoms with Crippen LogP contribution in [0.3, 0.4) is 0 Å². The molecule has 1 aliphatic heterocycles. The molecule has 2 aromatic rings. The van der Waals surface area contributed by atoms with Crippen LogP contribution in [-0.4, -0.2) is 39.3 Å². The Balaban J connectivity index is 1.36. The lowest BCUT2D eigenvalue weighted by molar-refractivity contribution is -0.134. The lowest BCUT2D eigenvalue weighted by Crippen LogP contribution is -2.50. The summed E-state index contributed by atoms with van der Waals surface area (Å²) in [6.07, 6.45) is 7.27. The number of carbonyl (C=O) groups is 1. The smallest absolute Gasteiger partial charge is 0.277 e. The quantitative estimate of drug-likeness (QED) is 0.752. The molecule has 0 radical (unpaired) electrons. The topological polar surface area (TPSA) is 59.2 Å². The summed E-state index contributed by atoms with van der Waals surface area (Å²) >= 11 is 1.27. The Bertz CT molecular complexity index is 762. The van der Waals surface area contributed by atoms with E-state index in [-0.39, 0.29) is 11.7 Å². The number of carbonyl (C=O) groups excluding carboxylic acids is 1. The van der Waals surface area contributed by atoms with E-state index in [1.165, 1.54) is 49.6 Å². The van der Waals surface area contributed by atoms with Crippen LogP contribution in [0.5, 0.6) is 0 Å². The van der Waals surface area contributed by atoms with Crippen molar-refractivity contribution in [2.75, 3.05) is 12.3 Å². The first kappa shape index (κ1) is 17.5. The summed E-state index contributed by atoms with van der Waals surface area (Å²) < 4.78 is 18.6. The van der Waals surface area contributed by atoms with Crippen LogP contribution < -0.4 is 0 Å². The second-order valence-electron chi connectivity index (χ2n) is 7.01. The Kier molecular flexibility index (Phi) is 5.24. The lowest BCUT2D eigenvalue weighted by atomic mass is 9.78. The standard InChI is InChI=1S/C19H22FN3O2S/c20-15-9-7-14(8-10-15)18-21-22-19(25-18)26-12-17(24)23-11-3-5-13-4-1-2-6-16(13)23/h7-10,13,16H,1-6,11-12H2. The third-order valence-electron chi connectivity index (χ3n) is 5.38. The molecule has 26 heavy (non-hydrogen) atoms. The van der Waals surface area contributed by atoms with Crippen LogP contribution in [0.25, 0.3) is 11.5 Å². The number of benzene rings is 1. The molecular weight excluding hydrogens is 353 g/mol. The zero-order chi connectivity index (χ0) is 17.9. The van der Waals surface area contributed by atoms with Gasteiger partial charge >= 0.3 is 0 Å². The maximum Gasteiger partial charge on any atom is 0.277 e. The molecule has 0 bridgehead atoms. The summed E-state index contributed by atoms with van der Waals surface area (Å²) in [6.45, 7) is 0.866. The maximum atomic E-state index is 13.0. The van der Waals surface area contributed by atoms with E-state index >= 15 is 0 Å². The van der Waals surface area contributed by atoms with E-state index in [1.54, 1.807) is 12.1 Å². The minimum absolute atomic E-state index is 0.160. The fourth-order valence-corrected chi connectivity index (χ4v) is 4.77. The maximum absolute atomic E-state index is 13.0. The van der Waals surface area contributed by atoms with Crippen molar-refractivity contribution in [3.05, 3.63) is 30.1 Å². The van der Waals surface area contributed by atoms with Crippen LogP contribution in [0.4, 0.5) is 4.39 Å². The van der Waals surface area contributed by atoms with Crippen LogP contribution >= 0.6 is 11.8 Å². The first-order valence-electron chi connectivity index (χ1n) is 9.22. The average molecular weight is 375 g/mol. The zero-order valence-corrected chi connectivity index (χ0v) is 15.4. The first-order chi connectivity index (χ1) is 12.7. The van der Waals surface area contributed by atoms with Gasteiger partial charge in [-0.2, -0.15) is 0 Å². The molecule has 138 valence electrons. The van der Waals surface area contributed by atoms with E-state index in [9.17, 15) is 9.18 Å². The third-order valence-corrected chi connectivity index (χ3v) is 6.18. The Morgan fingerprint density at radius 1 is 1.15 bits per heavy atom. The van der Waals surface area contributed by atoms with Crippen molar-refractivity contribution in [1.29, 1.82) is 0 Å². The van der Waals surface area contributed by atoms with Gasteiger partial charge < -0.3 is 9.32 Å². The van der Waals surface area contributed by atoms with E-state index in [4.69, 9.17) is 4.42 Å². The summed E-state index contributed by atoms with van der Waals surface area (Å²) in [7, 11) is 0. The van der Waals surface area contributed by atoms with Crippen LogP contribution in [0.15, 0.2) is 33.9 Å². The Morgan fingerprint density at radius 2 is 1.92 bits per heavy atom. The largest absolute Gasteiger partial charge is 0.411 e. The Hall–Kier alpha value is -1.89. The van der Waals surface area contributed by atoms with Gasteiger partial charge in [0, 0.05) is 18.2 Å². The highest BCUT2D eigenvalue weighted by Gasteiger charge is 2.35. The number of fused-ring (bicyclic) bond motifs is 1. The summed E-state index contributed by atoms with van der Waals surface area (Å²) in [5.74, 6) is 1.18. The van der Waals surface area contributed by atoms with Crippen LogP contribution in [0, 0.1) is 11.7 Å². The summed E-state index contributed by atoms with van der Waals surface area (Å²) in [6, 6.07) is 6.32. The second-order valence-corrected chi connectivity index (χ2v) is 7.94. The van der Waals surface area contributed by atoms with Crippen molar-refractivity contribution in [3.8, 4) is 11.5 Å². The third kappa shape index (κ3) is 3.77. The molecular formula is C19H22FN3O2S. The SMILES string of the molecule is O=C(CSc1nnc(-c2ccc(F)cc2)o1)N1CCCC2CCCCC21. The molecule has 1 aliphatic carbocycles. The molecule has 0 N–H and O–H groups in total. The van der Waals surface area contributed by atoms with Gasteiger partial charge in [0.05, 0.1) is 5.75 Å². The molecule has 2 unspecified atom stereocenters. The normalized spacial score (nSPS) is 22.9. The molecule has 4 rings (SSSR count). The summed E-state index contributed by atoms with van der Waals surface area (Å²) in [5, 5.41) is 8.35. The van der Waals surface area contributed by atoms with Gasteiger partial charge in [-0.25, -0.2) is 4.39 Å². The number of amides is 1. The van der Waals surface area contributed by atoms with Crippen molar-refractivity contribution in [1.82, 2.24) is 15.1 Å². The number of thioether (sulfide) groups is 1. The predicted molar refractivity (Wildman–Crippen MR) is 97.1 cm³/mol. The number of piperidine rings is 1. The van der Waals surface area contributed by atoms with Crippen molar-refractivity contribution in [3.63, 3.8) is 0 Å². The molecule has 1 aromatic heterocycles. The molecule has 2 heterocycles. The minimum Gasteiger partial charge on any atom is -0.411 e. The Labute approximate surface area is 156 Å². The van der Waals surface area contributed by atoms with Gasteiger partial charge in [-0.1, -0.05) is 24.6 Å². The first-order valence-corrected chi connectivity index (χ1v) is 10.2. The molecule has 1 saturated carbocycles. The van der Waals surface area contributed by atoms with Gasteiger partial charge in [0.2, 0.25) is 11.8 Å². The van der Waals surface area contributed by atoms with Gasteiger partial charge in [0.25, 0.3) is 5.22 Å². The van der Waals surface area contributed by atoms with Crippen molar-refractivity contribution in [2.24, 2.45) is 5.92 Å². The van der Waals surface area contributed by atoms with Crippen LogP contribution in [-0.2, 0) is 4.79 Å². The van der Waals surface area contributed by atoms with Gasteiger partial charge in [0.1, 0.15) is 5.82 Å². The number of aromatic nitrogens is 2. The molecule has 0 spiro atoms. The number of likely N-dealkylation sites (tertiary alicyclic amines) is 1. The van der Waals surface area contributed by atoms with Gasteiger partial charge in [-0.3, -0.25) is 4.79 Å². The van der Waals surface area contributed by atoms with Crippen molar-refractivity contribution < 1.29 is 13.6 Å². The molecule has 2 fully saturated rings. The highest BCUT2D eigenvalue weighted by atomic mass is 32.2. The van der Waals surface area contributed by atoms with E-state index in [2.05, 4.69) is 15.1 Å². The highest BCUT2D eigenvalue weighted by Crippen LogP contribution is 2.35. The monoisotopic (exact) mass is 375 g/mol. The number of hydrogen-bond donors (Lipinski definition) is 0. The fraction of sp³-hybridized carbons (Fsp3) is 0.526. The zero-order valence-electron chi connectivity index (χ0n) is 14.6. The molecule has 7 heteroatoms. The lowest BCUT2D eigenvalue weighted by Gasteiger charge is -2.44. The summed E-state index contributed by atoms with van der Waals surface area (Å²) in [5.41, 5.74) is 0.665. The number of nitrogens with zero attached hydrogens (tertiary/aromatic N) is 3. The molecule has 2 aliphatic rings. The van der Waals surface area contributed by atoms with E-state index in [1.807, 2.05) is 0 Å². The number of hydrogen-bond acceptors (Lipinski definition) is 5. The highest BCUT2D eigenvalue weighted by molar-refractivity contribution is 7.99. The average Bonchev–Trinajstić information content (AvgIpc) is 3.15. The van der Waals surface area contributed by atoms with E-state index in [0.29, 0.717) is 34.4 Å². The molecule has 5 nitrogen and oxygen atoms in total. The van der Waals surface area contributed by atoms with E-state index < -0.39 is 0 Å². The summed E-state index contributed by atoms with van der Waals surface area (Å²) in [4.78, 5) is 14.8.